The molecular formula is C13H18BrF2N. The first-order chi connectivity index (χ1) is 8.01. The number of benzene rings is 1. The van der Waals surface area contributed by atoms with Gasteiger partial charge in [0.25, 0.3) is 0 Å². The summed E-state index contributed by atoms with van der Waals surface area (Å²) >= 11 is 3.09. The second kappa shape index (κ2) is 6.45. The van der Waals surface area contributed by atoms with E-state index in [2.05, 4.69) is 28.2 Å². The van der Waals surface area contributed by atoms with Crippen LogP contribution in [0.15, 0.2) is 16.6 Å². The van der Waals surface area contributed by atoms with E-state index < -0.39 is 11.6 Å². The van der Waals surface area contributed by atoms with Crippen LogP contribution in [0.2, 0.25) is 0 Å². The predicted octanol–water partition coefficient (Wildman–Crippen LogP) is 4.42. The van der Waals surface area contributed by atoms with Gasteiger partial charge in [-0.15, -0.1) is 0 Å². The molecule has 1 aromatic rings. The van der Waals surface area contributed by atoms with Crippen molar-refractivity contribution in [3.05, 3.63) is 33.8 Å². The Hall–Kier alpha value is -0.480. The van der Waals surface area contributed by atoms with Crippen LogP contribution in [0.3, 0.4) is 0 Å². The van der Waals surface area contributed by atoms with Crippen molar-refractivity contribution < 1.29 is 8.78 Å². The van der Waals surface area contributed by atoms with Gasteiger partial charge < -0.3 is 5.32 Å². The molecular weight excluding hydrogens is 288 g/mol. The quantitative estimate of drug-likeness (QED) is 0.849. The van der Waals surface area contributed by atoms with Gasteiger partial charge in [0.15, 0.2) is 0 Å². The van der Waals surface area contributed by atoms with E-state index in [0.29, 0.717) is 4.47 Å². The standard InChI is InChI=1S/C13H18BrF2N/c1-4-5-8(2)13(17-3)12-10(15)6-9(14)7-11(12)16/h6-8,13,17H,4-5H2,1-3H3. The Morgan fingerprint density at radius 3 is 2.24 bits per heavy atom. The van der Waals surface area contributed by atoms with Crippen molar-refractivity contribution in [2.45, 2.75) is 32.7 Å². The average Bonchev–Trinajstić information content (AvgIpc) is 2.23. The van der Waals surface area contributed by atoms with Gasteiger partial charge in [-0.3, -0.25) is 0 Å². The van der Waals surface area contributed by atoms with E-state index in [4.69, 9.17) is 0 Å². The van der Waals surface area contributed by atoms with Gasteiger partial charge in [-0.1, -0.05) is 36.2 Å². The third kappa shape index (κ3) is 3.49. The van der Waals surface area contributed by atoms with E-state index >= 15 is 0 Å². The number of halogens is 3. The highest BCUT2D eigenvalue weighted by atomic mass is 79.9. The highest BCUT2D eigenvalue weighted by Gasteiger charge is 2.24. The molecule has 0 saturated heterocycles. The zero-order valence-electron chi connectivity index (χ0n) is 10.4. The first-order valence-electron chi connectivity index (χ1n) is 5.83. The van der Waals surface area contributed by atoms with E-state index in [-0.39, 0.29) is 17.5 Å². The molecule has 0 aliphatic rings. The molecule has 4 heteroatoms. The summed E-state index contributed by atoms with van der Waals surface area (Å²) in [6, 6.07) is 2.33. The van der Waals surface area contributed by atoms with Crippen molar-refractivity contribution >= 4 is 15.9 Å². The monoisotopic (exact) mass is 305 g/mol. The second-order valence-electron chi connectivity index (χ2n) is 4.32. The number of hydrogen-bond acceptors (Lipinski definition) is 1. The van der Waals surface area contributed by atoms with E-state index in [1.54, 1.807) is 7.05 Å². The highest BCUT2D eigenvalue weighted by molar-refractivity contribution is 9.10. The third-order valence-corrected chi connectivity index (χ3v) is 3.44. The lowest BCUT2D eigenvalue weighted by molar-refractivity contribution is 0.359. The van der Waals surface area contributed by atoms with Crippen LogP contribution >= 0.6 is 15.9 Å². The maximum absolute atomic E-state index is 13.8. The molecule has 0 radical (unpaired) electrons. The van der Waals surface area contributed by atoms with Crippen LogP contribution in [0.1, 0.15) is 38.3 Å². The summed E-state index contributed by atoms with van der Waals surface area (Å²) in [5.74, 6) is -0.812. The SMILES string of the molecule is CCCC(C)C(NC)c1c(F)cc(Br)cc1F. The van der Waals surface area contributed by atoms with Gasteiger partial charge in [0.05, 0.1) is 0 Å². The lowest BCUT2D eigenvalue weighted by Gasteiger charge is -2.24. The molecule has 96 valence electrons. The van der Waals surface area contributed by atoms with Crippen LogP contribution in [0.5, 0.6) is 0 Å². The van der Waals surface area contributed by atoms with E-state index in [0.717, 1.165) is 12.8 Å². The van der Waals surface area contributed by atoms with Crippen LogP contribution in [-0.2, 0) is 0 Å². The highest BCUT2D eigenvalue weighted by Crippen LogP contribution is 2.31. The van der Waals surface area contributed by atoms with Crippen molar-refractivity contribution in [1.82, 2.24) is 5.32 Å². The van der Waals surface area contributed by atoms with Crippen molar-refractivity contribution in [2.24, 2.45) is 5.92 Å². The van der Waals surface area contributed by atoms with Crippen LogP contribution in [0.25, 0.3) is 0 Å². The molecule has 1 rings (SSSR count). The molecule has 2 atom stereocenters. The fraction of sp³-hybridized carbons (Fsp3) is 0.538. The lowest BCUT2D eigenvalue weighted by atomic mass is 9.90. The van der Waals surface area contributed by atoms with Gasteiger partial charge in [0.2, 0.25) is 0 Å². The summed E-state index contributed by atoms with van der Waals surface area (Å²) in [7, 11) is 1.73. The number of rotatable bonds is 5. The molecule has 1 aromatic carbocycles. The molecule has 0 fully saturated rings. The molecule has 0 spiro atoms. The minimum Gasteiger partial charge on any atom is -0.313 e. The van der Waals surface area contributed by atoms with Gasteiger partial charge in [-0.05, 0) is 31.5 Å². The second-order valence-corrected chi connectivity index (χ2v) is 5.23. The maximum atomic E-state index is 13.8. The summed E-state index contributed by atoms with van der Waals surface area (Å²) < 4.78 is 28.1. The molecule has 1 nitrogen and oxygen atoms in total. The van der Waals surface area contributed by atoms with Crippen LogP contribution in [0, 0.1) is 17.6 Å². The summed E-state index contributed by atoms with van der Waals surface area (Å²) in [6.45, 7) is 4.07. The normalized spacial score (nSPS) is 14.7. The molecule has 2 unspecified atom stereocenters. The fourth-order valence-electron chi connectivity index (χ4n) is 2.19. The molecule has 0 amide bonds. The summed E-state index contributed by atoms with van der Waals surface area (Å²) in [4.78, 5) is 0. The summed E-state index contributed by atoms with van der Waals surface area (Å²) in [6.07, 6.45) is 1.93. The number of nitrogens with one attached hydrogen (secondary N) is 1. The van der Waals surface area contributed by atoms with Crippen molar-refractivity contribution in [3.8, 4) is 0 Å². The lowest BCUT2D eigenvalue weighted by Crippen LogP contribution is -2.25. The van der Waals surface area contributed by atoms with E-state index in [1.807, 2.05) is 6.92 Å². The van der Waals surface area contributed by atoms with Gasteiger partial charge in [-0.2, -0.15) is 0 Å². The molecule has 0 bridgehead atoms. The van der Waals surface area contributed by atoms with Gasteiger partial charge >= 0.3 is 0 Å². The third-order valence-electron chi connectivity index (χ3n) is 2.98. The Bertz CT molecular complexity index is 359. The molecule has 1 N–H and O–H groups in total. The molecule has 0 saturated carbocycles. The minimum atomic E-state index is -0.501. The van der Waals surface area contributed by atoms with Gasteiger partial charge in [0, 0.05) is 16.1 Å². The predicted molar refractivity (Wildman–Crippen MR) is 69.9 cm³/mol. The largest absolute Gasteiger partial charge is 0.313 e. The first kappa shape index (κ1) is 14.6. The van der Waals surface area contributed by atoms with Crippen LogP contribution in [-0.4, -0.2) is 7.05 Å². The van der Waals surface area contributed by atoms with Crippen molar-refractivity contribution in [2.75, 3.05) is 7.05 Å². The summed E-state index contributed by atoms with van der Waals surface area (Å²) in [5, 5.41) is 3.01. The zero-order valence-corrected chi connectivity index (χ0v) is 11.9. The number of hydrogen-bond donors (Lipinski definition) is 1. The topological polar surface area (TPSA) is 12.0 Å². The van der Waals surface area contributed by atoms with Crippen LogP contribution in [0.4, 0.5) is 8.78 Å². The Balaban J connectivity index is 3.11. The molecule has 0 aliphatic heterocycles. The molecule has 0 aliphatic carbocycles. The minimum absolute atomic E-state index is 0.136. The van der Waals surface area contributed by atoms with Gasteiger partial charge in [-0.25, -0.2) is 8.78 Å². The van der Waals surface area contributed by atoms with E-state index in [1.165, 1.54) is 12.1 Å². The Morgan fingerprint density at radius 1 is 1.29 bits per heavy atom. The Morgan fingerprint density at radius 2 is 1.82 bits per heavy atom. The Labute approximate surface area is 110 Å². The first-order valence-corrected chi connectivity index (χ1v) is 6.62. The van der Waals surface area contributed by atoms with Crippen molar-refractivity contribution in [3.63, 3.8) is 0 Å². The Kier molecular flexibility index (Phi) is 5.53. The summed E-state index contributed by atoms with van der Waals surface area (Å²) in [5.41, 5.74) is 0.136. The molecule has 17 heavy (non-hydrogen) atoms. The fourth-order valence-corrected chi connectivity index (χ4v) is 2.59. The van der Waals surface area contributed by atoms with E-state index in [9.17, 15) is 8.78 Å². The molecule has 0 aromatic heterocycles. The smallest absolute Gasteiger partial charge is 0.132 e. The van der Waals surface area contributed by atoms with Crippen molar-refractivity contribution in [1.29, 1.82) is 0 Å². The average molecular weight is 306 g/mol. The van der Waals surface area contributed by atoms with Gasteiger partial charge in [0.1, 0.15) is 11.6 Å². The molecule has 0 heterocycles. The van der Waals surface area contributed by atoms with Crippen LogP contribution < -0.4 is 5.32 Å². The zero-order chi connectivity index (χ0) is 13.0. The maximum Gasteiger partial charge on any atom is 0.132 e.